The molecule has 2 amide bonds. The molecular weight excluding hydrogens is 390 g/mol. The minimum absolute atomic E-state index is 0.00335. The van der Waals surface area contributed by atoms with Gasteiger partial charge in [-0.2, -0.15) is 0 Å². The van der Waals surface area contributed by atoms with Crippen molar-refractivity contribution in [3.63, 3.8) is 0 Å². The van der Waals surface area contributed by atoms with Crippen LogP contribution in [-0.4, -0.2) is 39.6 Å². The van der Waals surface area contributed by atoms with Crippen molar-refractivity contribution in [2.45, 2.75) is 84.9 Å². The number of aliphatic hydroxyl groups is 1. The Balaban J connectivity index is 1.74. The third kappa shape index (κ3) is 5.11. The van der Waals surface area contributed by atoms with E-state index in [-0.39, 0.29) is 52.5 Å². The van der Waals surface area contributed by atoms with Crippen LogP contribution >= 0.6 is 0 Å². The zero-order valence-corrected chi connectivity index (χ0v) is 19.8. The van der Waals surface area contributed by atoms with Crippen LogP contribution in [0.1, 0.15) is 77.7 Å². The number of carbonyl (C=O) groups is 2. The molecule has 0 aliphatic heterocycles. The van der Waals surface area contributed by atoms with E-state index in [1.54, 1.807) is 18.3 Å². The highest BCUT2D eigenvalue weighted by Crippen LogP contribution is 2.55. The fraction of sp³-hybridized carbons (Fsp3) is 0.720. The SMILES string of the molecule is CC(C(=O)NC(C)(C)C)C1CCC2(C)CCC(NC(=O)c3ccccn3)C(C)C2C1O. The topological polar surface area (TPSA) is 91.3 Å². The predicted octanol–water partition coefficient (Wildman–Crippen LogP) is 3.55. The molecule has 7 atom stereocenters. The van der Waals surface area contributed by atoms with Crippen molar-refractivity contribution in [1.29, 1.82) is 0 Å². The van der Waals surface area contributed by atoms with Crippen molar-refractivity contribution in [1.82, 2.24) is 15.6 Å². The Bertz CT molecular complexity index is 791. The van der Waals surface area contributed by atoms with E-state index >= 15 is 0 Å². The Hall–Kier alpha value is -1.95. The third-order valence-corrected chi connectivity index (χ3v) is 7.66. The number of rotatable bonds is 4. The second-order valence-electron chi connectivity index (χ2n) is 11.1. The molecule has 0 aromatic carbocycles. The second kappa shape index (κ2) is 8.89. The molecule has 1 aromatic heterocycles. The number of hydrogen-bond acceptors (Lipinski definition) is 4. The van der Waals surface area contributed by atoms with E-state index in [2.05, 4.69) is 29.5 Å². The van der Waals surface area contributed by atoms with Gasteiger partial charge in [0.1, 0.15) is 5.69 Å². The molecule has 6 nitrogen and oxygen atoms in total. The lowest BCUT2D eigenvalue weighted by Crippen LogP contribution is -2.59. The Morgan fingerprint density at radius 3 is 2.52 bits per heavy atom. The van der Waals surface area contributed by atoms with Crippen LogP contribution in [0.5, 0.6) is 0 Å². The van der Waals surface area contributed by atoms with E-state index in [0.717, 1.165) is 25.7 Å². The Morgan fingerprint density at radius 1 is 1.23 bits per heavy atom. The van der Waals surface area contributed by atoms with E-state index in [1.807, 2.05) is 33.8 Å². The summed E-state index contributed by atoms with van der Waals surface area (Å²) in [6.45, 7) is 12.3. The molecular formula is C25H39N3O3. The fourth-order valence-electron chi connectivity index (χ4n) is 5.91. The maximum Gasteiger partial charge on any atom is 0.270 e. The van der Waals surface area contributed by atoms with E-state index in [9.17, 15) is 14.7 Å². The van der Waals surface area contributed by atoms with Gasteiger partial charge < -0.3 is 15.7 Å². The number of amides is 2. The Labute approximate surface area is 186 Å². The van der Waals surface area contributed by atoms with Gasteiger partial charge in [-0.1, -0.05) is 26.8 Å². The number of hydrogen-bond donors (Lipinski definition) is 3. The lowest BCUT2D eigenvalue weighted by Gasteiger charge is -2.56. The van der Waals surface area contributed by atoms with Crippen molar-refractivity contribution in [2.24, 2.45) is 29.1 Å². The molecule has 0 saturated heterocycles. The van der Waals surface area contributed by atoms with Crippen LogP contribution in [0.3, 0.4) is 0 Å². The van der Waals surface area contributed by atoms with E-state index in [4.69, 9.17) is 0 Å². The molecule has 3 rings (SSSR count). The summed E-state index contributed by atoms with van der Waals surface area (Å²) in [4.78, 5) is 29.6. The zero-order chi connectivity index (χ0) is 23.0. The average Bonchev–Trinajstić information content (AvgIpc) is 2.69. The lowest BCUT2D eigenvalue weighted by molar-refractivity contribution is -0.143. The molecule has 2 saturated carbocycles. The first-order chi connectivity index (χ1) is 14.4. The fourth-order valence-corrected chi connectivity index (χ4v) is 5.91. The zero-order valence-electron chi connectivity index (χ0n) is 19.8. The number of aromatic nitrogens is 1. The predicted molar refractivity (Wildman–Crippen MR) is 121 cm³/mol. The second-order valence-corrected chi connectivity index (χ2v) is 11.1. The summed E-state index contributed by atoms with van der Waals surface area (Å²) in [5.41, 5.74) is 0.151. The largest absolute Gasteiger partial charge is 0.392 e. The molecule has 7 unspecified atom stereocenters. The van der Waals surface area contributed by atoms with E-state index in [0.29, 0.717) is 5.69 Å². The number of nitrogens with zero attached hydrogens (tertiary/aromatic N) is 1. The van der Waals surface area contributed by atoms with Gasteiger partial charge in [-0.15, -0.1) is 0 Å². The average molecular weight is 430 g/mol. The van der Waals surface area contributed by atoms with Gasteiger partial charge in [-0.05, 0) is 81.8 Å². The third-order valence-electron chi connectivity index (χ3n) is 7.66. The molecule has 1 aromatic rings. The molecule has 0 spiro atoms. The smallest absolute Gasteiger partial charge is 0.270 e. The van der Waals surface area contributed by atoms with Crippen LogP contribution in [0, 0.1) is 29.1 Å². The van der Waals surface area contributed by atoms with Crippen molar-refractivity contribution < 1.29 is 14.7 Å². The highest BCUT2D eigenvalue weighted by Gasteiger charge is 2.54. The van der Waals surface area contributed by atoms with Crippen molar-refractivity contribution >= 4 is 11.8 Å². The monoisotopic (exact) mass is 429 g/mol. The molecule has 31 heavy (non-hydrogen) atoms. The summed E-state index contributed by atoms with van der Waals surface area (Å²) in [7, 11) is 0. The van der Waals surface area contributed by atoms with Gasteiger partial charge in [0.25, 0.3) is 5.91 Å². The molecule has 6 heteroatoms. The quantitative estimate of drug-likeness (QED) is 0.683. The first-order valence-corrected chi connectivity index (χ1v) is 11.6. The van der Waals surface area contributed by atoms with Crippen LogP contribution in [0.4, 0.5) is 0 Å². The van der Waals surface area contributed by atoms with Gasteiger partial charge in [0.15, 0.2) is 0 Å². The molecule has 2 fully saturated rings. The standard InChI is InChI=1S/C25H39N3O3/c1-15(22(30)28-24(3,4)5)17-10-12-25(6)13-11-18(16(2)20(25)21(17)29)27-23(31)19-9-7-8-14-26-19/h7-9,14-18,20-21,29H,10-13H2,1-6H3,(H,27,31)(H,28,30). The van der Waals surface area contributed by atoms with E-state index in [1.165, 1.54) is 0 Å². The maximum atomic E-state index is 12.8. The first-order valence-electron chi connectivity index (χ1n) is 11.6. The van der Waals surface area contributed by atoms with Crippen LogP contribution in [0.15, 0.2) is 24.4 Å². The summed E-state index contributed by atoms with van der Waals surface area (Å²) in [6.07, 6.45) is 4.76. The molecule has 3 N–H and O–H groups in total. The van der Waals surface area contributed by atoms with Gasteiger partial charge in [0.2, 0.25) is 5.91 Å². The van der Waals surface area contributed by atoms with Crippen LogP contribution in [-0.2, 0) is 4.79 Å². The number of carbonyl (C=O) groups excluding carboxylic acids is 2. The maximum absolute atomic E-state index is 12.8. The van der Waals surface area contributed by atoms with Crippen molar-refractivity contribution in [3.8, 4) is 0 Å². The summed E-state index contributed by atoms with van der Waals surface area (Å²) in [6, 6.07) is 5.30. The van der Waals surface area contributed by atoms with Crippen LogP contribution < -0.4 is 10.6 Å². The summed E-state index contributed by atoms with van der Waals surface area (Å²) < 4.78 is 0. The van der Waals surface area contributed by atoms with Gasteiger partial charge >= 0.3 is 0 Å². The van der Waals surface area contributed by atoms with Crippen molar-refractivity contribution in [3.05, 3.63) is 30.1 Å². The summed E-state index contributed by atoms with van der Waals surface area (Å²) in [5.74, 6) is -0.340. The van der Waals surface area contributed by atoms with E-state index < -0.39 is 6.10 Å². The van der Waals surface area contributed by atoms with Gasteiger partial charge in [0, 0.05) is 23.7 Å². The molecule has 0 bridgehead atoms. The molecule has 172 valence electrons. The Kier molecular flexibility index (Phi) is 6.80. The molecule has 2 aliphatic rings. The van der Waals surface area contributed by atoms with Gasteiger partial charge in [-0.25, -0.2) is 0 Å². The highest BCUT2D eigenvalue weighted by atomic mass is 16.3. The normalized spacial score (nSPS) is 34.4. The highest BCUT2D eigenvalue weighted by molar-refractivity contribution is 5.92. The number of fused-ring (bicyclic) bond motifs is 1. The molecule has 1 heterocycles. The van der Waals surface area contributed by atoms with Crippen LogP contribution in [0.2, 0.25) is 0 Å². The van der Waals surface area contributed by atoms with Crippen molar-refractivity contribution in [2.75, 3.05) is 0 Å². The minimum atomic E-state index is -0.566. The van der Waals surface area contributed by atoms with Gasteiger partial charge in [-0.3, -0.25) is 14.6 Å². The lowest BCUT2D eigenvalue weighted by atomic mass is 9.51. The minimum Gasteiger partial charge on any atom is -0.392 e. The van der Waals surface area contributed by atoms with Crippen LogP contribution in [0.25, 0.3) is 0 Å². The first kappa shape index (κ1) is 23.7. The van der Waals surface area contributed by atoms with Gasteiger partial charge in [0.05, 0.1) is 6.10 Å². The Morgan fingerprint density at radius 2 is 1.90 bits per heavy atom. The summed E-state index contributed by atoms with van der Waals surface area (Å²) >= 11 is 0. The molecule has 2 aliphatic carbocycles. The number of pyridine rings is 1. The summed E-state index contributed by atoms with van der Waals surface area (Å²) in [5, 5.41) is 17.7. The molecule has 0 radical (unpaired) electrons. The number of aliphatic hydroxyl groups excluding tert-OH is 1. The number of nitrogens with one attached hydrogen (secondary N) is 2.